The van der Waals surface area contributed by atoms with E-state index in [0.29, 0.717) is 17.8 Å². The van der Waals surface area contributed by atoms with Gasteiger partial charge in [-0.1, -0.05) is 0 Å². The van der Waals surface area contributed by atoms with Crippen LogP contribution in [0.1, 0.15) is 34.4 Å². The Morgan fingerprint density at radius 2 is 2.06 bits per heavy atom. The molecule has 2 aromatic heterocycles. The molecule has 0 N–H and O–H groups in total. The fraction of sp³-hybridized carbons (Fsp3) is 0.308. The molecule has 2 heterocycles. The third kappa shape index (κ3) is 2.25. The highest BCUT2D eigenvalue weighted by Gasteiger charge is 2.15. The number of hydrogen-bond donors (Lipinski definition) is 0. The molecule has 0 spiro atoms. The zero-order valence-corrected chi connectivity index (χ0v) is 10.3. The standard InChI is InChI=1S/C13H15N3O/c1-4-16-12(7-10(3)15-16)13(17)11-6-5-9(2)14-8-11/h5-8H,4H2,1-3H3. The van der Waals surface area contributed by atoms with Crippen molar-refractivity contribution < 1.29 is 4.79 Å². The monoisotopic (exact) mass is 229 g/mol. The number of ketones is 1. The first kappa shape index (κ1) is 11.5. The van der Waals surface area contributed by atoms with E-state index in [-0.39, 0.29) is 5.78 Å². The lowest BCUT2D eigenvalue weighted by molar-refractivity contribution is 0.102. The normalized spacial score (nSPS) is 10.5. The summed E-state index contributed by atoms with van der Waals surface area (Å²) in [5, 5.41) is 4.27. The second kappa shape index (κ2) is 4.49. The zero-order valence-electron chi connectivity index (χ0n) is 10.3. The van der Waals surface area contributed by atoms with Crippen molar-refractivity contribution >= 4 is 5.78 Å². The van der Waals surface area contributed by atoms with Gasteiger partial charge >= 0.3 is 0 Å². The van der Waals surface area contributed by atoms with Crippen LogP contribution < -0.4 is 0 Å². The summed E-state index contributed by atoms with van der Waals surface area (Å²) in [6.07, 6.45) is 1.61. The molecule has 2 aromatic rings. The van der Waals surface area contributed by atoms with Gasteiger partial charge in [-0.15, -0.1) is 0 Å². The molecule has 0 amide bonds. The Bertz CT molecular complexity index is 540. The van der Waals surface area contributed by atoms with Crippen molar-refractivity contribution in [2.75, 3.05) is 0 Å². The molecule has 0 unspecified atom stereocenters. The van der Waals surface area contributed by atoms with Gasteiger partial charge in [-0.3, -0.25) is 14.5 Å². The molecular weight excluding hydrogens is 214 g/mol. The maximum absolute atomic E-state index is 12.2. The van der Waals surface area contributed by atoms with Gasteiger partial charge in [-0.2, -0.15) is 5.10 Å². The Hall–Kier alpha value is -1.97. The lowest BCUT2D eigenvalue weighted by Crippen LogP contribution is -2.10. The van der Waals surface area contributed by atoms with Gasteiger partial charge in [0.25, 0.3) is 0 Å². The largest absolute Gasteiger partial charge is 0.287 e. The third-order valence-electron chi connectivity index (χ3n) is 2.61. The first-order valence-electron chi connectivity index (χ1n) is 5.63. The van der Waals surface area contributed by atoms with Gasteiger partial charge in [0.2, 0.25) is 5.78 Å². The van der Waals surface area contributed by atoms with Crippen LogP contribution in [-0.2, 0) is 6.54 Å². The van der Waals surface area contributed by atoms with E-state index in [9.17, 15) is 4.79 Å². The van der Waals surface area contributed by atoms with Crippen molar-refractivity contribution in [3.63, 3.8) is 0 Å². The lowest BCUT2D eigenvalue weighted by atomic mass is 10.1. The summed E-state index contributed by atoms with van der Waals surface area (Å²) in [7, 11) is 0. The van der Waals surface area contributed by atoms with Gasteiger partial charge in [0, 0.05) is 24.0 Å². The van der Waals surface area contributed by atoms with Gasteiger partial charge in [0.05, 0.1) is 5.69 Å². The summed E-state index contributed by atoms with van der Waals surface area (Å²) in [6, 6.07) is 5.45. The predicted octanol–water partition coefficient (Wildman–Crippen LogP) is 2.15. The molecule has 0 aliphatic heterocycles. The molecule has 0 aliphatic rings. The quantitative estimate of drug-likeness (QED) is 0.758. The average molecular weight is 229 g/mol. The van der Waals surface area contributed by atoms with E-state index in [0.717, 1.165) is 11.4 Å². The Labute approximate surface area is 100 Å². The number of aryl methyl sites for hydroxylation is 3. The van der Waals surface area contributed by atoms with Crippen LogP contribution in [-0.4, -0.2) is 20.5 Å². The summed E-state index contributed by atoms with van der Waals surface area (Å²) in [5.41, 5.74) is 2.98. The average Bonchev–Trinajstić information content (AvgIpc) is 2.70. The molecule has 4 heteroatoms. The van der Waals surface area contributed by atoms with Gasteiger partial charge in [-0.05, 0) is 39.0 Å². The second-order valence-electron chi connectivity index (χ2n) is 4.00. The van der Waals surface area contributed by atoms with Crippen LogP contribution in [0.5, 0.6) is 0 Å². The van der Waals surface area contributed by atoms with Crippen molar-refractivity contribution in [1.82, 2.24) is 14.8 Å². The highest BCUT2D eigenvalue weighted by Crippen LogP contribution is 2.11. The molecule has 0 atom stereocenters. The number of pyridine rings is 1. The van der Waals surface area contributed by atoms with E-state index in [4.69, 9.17) is 0 Å². The van der Waals surface area contributed by atoms with Crippen molar-refractivity contribution in [3.05, 3.63) is 47.0 Å². The first-order valence-corrected chi connectivity index (χ1v) is 5.63. The van der Waals surface area contributed by atoms with Crippen molar-refractivity contribution in [2.45, 2.75) is 27.3 Å². The minimum absolute atomic E-state index is 0.0278. The molecule has 0 radical (unpaired) electrons. The lowest BCUT2D eigenvalue weighted by Gasteiger charge is -2.03. The van der Waals surface area contributed by atoms with Crippen molar-refractivity contribution in [3.8, 4) is 0 Å². The Kier molecular flexibility index (Phi) is 3.04. The molecule has 0 aromatic carbocycles. The summed E-state index contributed by atoms with van der Waals surface area (Å²) < 4.78 is 1.72. The maximum atomic E-state index is 12.2. The summed E-state index contributed by atoms with van der Waals surface area (Å²) >= 11 is 0. The molecule has 88 valence electrons. The van der Waals surface area contributed by atoms with Gasteiger partial charge in [0.1, 0.15) is 5.69 Å². The Morgan fingerprint density at radius 1 is 1.29 bits per heavy atom. The van der Waals surface area contributed by atoms with E-state index < -0.39 is 0 Å². The highest BCUT2D eigenvalue weighted by molar-refractivity contribution is 6.07. The molecule has 0 bridgehead atoms. The summed E-state index contributed by atoms with van der Waals surface area (Å²) in [4.78, 5) is 16.4. The number of hydrogen-bond acceptors (Lipinski definition) is 3. The molecule has 2 rings (SSSR count). The van der Waals surface area contributed by atoms with E-state index in [1.54, 1.807) is 16.9 Å². The van der Waals surface area contributed by atoms with Crippen LogP contribution in [0.25, 0.3) is 0 Å². The molecule has 0 aliphatic carbocycles. The molecule has 4 nitrogen and oxygen atoms in total. The van der Waals surface area contributed by atoms with Gasteiger partial charge < -0.3 is 0 Å². The summed E-state index contributed by atoms with van der Waals surface area (Å²) in [5.74, 6) is -0.0278. The van der Waals surface area contributed by atoms with Crippen LogP contribution in [0.2, 0.25) is 0 Å². The maximum Gasteiger partial charge on any atom is 0.212 e. The molecule has 0 saturated heterocycles. The first-order chi connectivity index (χ1) is 8.11. The fourth-order valence-electron chi connectivity index (χ4n) is 1.72. The number of aromatic nitrogens is 3. The van der Waals surface area contributed by atoms with Gasteiger partial charge in [0.15, 0.2) is 0 Å². The van der Waals surface area contributed by atoms with Crippen LogP contribution in [0, 0.1) is 13.8 Å². The van der Waals surface area contributed by atoms with Crippen LogP contribution in [0.4, 0.5) is 0 Å². The van der Waals surface area contributed by atoms with E-state index in [1.807, 2.05) is 32.9 Å². The second-order valence-corrected chi connectivity index (χ2v) is 4.00. The van der Waals surface area contributed by atoms with Crippen LogP contribution in [0.3, 0.4) is 0 Å². The number of carbonyl (C=O) groups excluding carboxylic acids is 1. The number of carbonyl (C=O) groups is 1. The molecular formula is C13H15N3O. The fourth-order valence-corrected chi connectivity index (χ4v) is 1.72. The Balaban J connectivity index is 2.39. The smallest absolute Gasteiger partial charge is 0.212 e. The van der Waals surface area contributed by atoms with Crippen LogP contribution >= 0.6 is 0 Å². The molecule has 17 heavy (non-hydrogen) atoms. The number of rotatable bonds is 3. The predicted molar refractivity (Wildman–Crippen MR) is 65.0 cm³/mol. The zero-order chi connectivity index (χ0) is 12.4. The molecule has 0 saturated carbocycles. The highest BCUT2D eigenvalue weighted by atomic mass is 16.1. The topological polar surface area (TPSA) is 47.8 Å². The Morgan fingerprint density at radius 3 is 2.65 bits per heavy atom. The minimum atomic E-state index is -0.0278. The van der Waals surface area contributed by atoms with E-state index in [1.165, 1.54) is 0 Å². The van der Waals surface area contributed by atoms with E-state index >= 15 is 0 Å². The van der Waals surface area contributed by atoms with Crippen molar-refractivity contribution in [1.29, 1.82) is 0 Å². The molecule has 0 fully saturated rings. The minimum Gasteiger partial charge on any atom is -0.287 e. The third-order valence-corrected chi connectivity index (χ3v) is 2.61. The summed E-state index contributed by atoms with van der Waals surface area (Å²) in [6.45, 7) is 6.44. The van der Waals surface area contributed by atoms with Crippen molar-refractivity contribution in [2.24, 2.45) is 0 Å². The van der Waals surface area contributed by atoms with Crippen LogP contribution in [0.15, 0.2) is 24.4 Å². The SMILES string of the molecule is CCn1nc(C)cc1C(=O)c1ccc(C)nc1. The van der Waals surface area contributed by atoms with E-state index in [2.05, 4.69) is 10.1 Å². The number of nitrogens with zero attached hydrogens (tertiary/aromatic N) is 3. The van der Waals surface area contributed by atoms with Gasteiger partial charge in [-0.25, -0.2) is 0 Å².